The Labute approximate surface area is 187 Å². The average molecular weight is 476 g/mol. The van der Waals surface area contributed by atoms with Crippen LogP contribution < -0.4 is 10.6 Å². The molecule has 30 heavy (non-hydrogen) atoms. The first-order chi connectivity index (χ1) is 14.7. The minimum atomic E-state index is -0.0754. The molecule has 6 heteroatoms. The van der Waals surface area contributed by atoms with Crippen LogP contribution in [0.15, 0.2) is 76.7 Å². The number of fused-ring (bicyclic) bond motifs is 3. The van der Waals surface area contributed by atoms with Gasteiger partial charge in [-0.05, 0) is 68.4 Å². The number of anilines is 2. The zero-order valence-electron chi connectivity index (χ0n) is 16.0. The van der Waals surface area contributed by atoms with Crippen LogP contribution in [0.25, 0.3) is 11.1 Å². The highest BCUT2D eigenvalue weighted by atomic mass is 79.9. The Morgan fingerprint density at radius 1 is 1.03 bits per heavy atom. The minimum absolute atomic E-state index is 0.0754. The minimum Gasteiger partial charge on any atom is -0.357 e. The lowest BCUT2D eigenvalue weighted by Gasteiger charge is -2.11. The lowest BCUT2D eigenvalue weighted by Crippen LogP contribution is -2.14. The molecule has 5 rings (SSSR count). The van der Waals surface area contributed by atoms with Crippen molar-refractivity contribution in [3.8, 4) is 11.1 Å². The van der Waals surface area contributed by atoms with Crippen molar-refractivity contribution in [3.05, 3.63) is 99.0 Å². The van der Waals surface area contributed by atoms with Gasteiger partial charge in [-0.1, -0.05) is 59.9 Å². The van der Waals surface area contributed by atoms with Gasteiger partial charge in [0.1, 0.15) is 0 Å². The van der Waals surface area contributed by atoms with Crippen LogP contribution in [0.5, 0.6) is 0 Å². The van der Waals surface area contributed by atoms with Crippen molar-refractivity contribution in [2.75, 3.05) is 10.6 Å². The summed E-state index contributed by atoms with van der Waals surface area (Å²) in [6.07, 6.45) is 2.57. The van der Waals surface area contributed by atoms with Gasteiger partial charge in [-0.2, -0.15) is 0 Å². The summed E-state index contributed by atoms with van der Waals surface area (Å²) in [6.45, 7) is 0.639. The van der Waals surface area contributed by atoms with Gasteiger partial charge in [0.2, 0.25) is 0 Å². The fourth-order valence-electron chi connectivity index (χ4n) is 3.84. The fourth-order valence-corrected chi connectivity index (χ4v) is 4.94. The first kappa shape index (κ1) is 19.0. The average Bonchev–Trinajstić information content (AvgIpc) is 3.35. The van der Waals surface area contributed by atoms with Crippen molar-refractivity contribution in [2.45, 2.75) is 13.0 Å². The number of nitrogens with zero attached hydrogens (tertiary/aromatic N) is 1. The SMILES string of the molecule is O=C(Nc1cccc(CNc2ncc(Br)s2)c1)c1cccc2c1Cc1ccccc1-2. The summed E-state index contributed by atoms with van der Waals surface area (Å²) in [5.41, 5.74) is 7.35. The van der Waals surface area contributed by atoms with Gasteiger partial charge >= 0.3 is 0 Å². The molecule has 1 amide bonds. The third-order valence-corrected chi connectivity index (χ3v) is 6.64. The first-order valence-corrected chi connectivity index (χ1v) is 11.2. The van der Waals surface area contributed by atoms with E-state index in [1.165, 1.54) is 11.1 Å². The van der Waals surface area contributed by atoms with Crippen LogP contribution in [-0.4, -0.2) is 10.9 Å². The molecule has 0 saturated heterocycles. The largest absolute Gasteiger partial charge is 0.357 e. The molecule has 3 aromatic carbocycles. The molecule has 1 aliphatic rings. The summed E-state index contributed by atoms with van der Waals surface area (Å²) in [5.74, 6) is -0.0754. The third kappa shape index (κ3) is 3.76. The second-order valence-electron chi connectivity index (χ2n) is 7.14. The summed E-state index contributed by atoms with van der Waals surface area (Å²) in [4.78, 5) is 17.4. The number of hydrogen-bond donors (Lipinski definition) is 2. The van der Waals surface area contributed by atoms with E-state index >= 15 is 0 Å². The quantitative estimate of drug-likeness (QED) is 0.311. The first-order valence-electron chi connectivity index (χ1n) is 9.63. The van der Waals surface area contributed by atoms with Crippen molar-refractivity contribution < 1.29 is 4.79 Å². The standard InChI is InChI=1S/C24H18BrN3OS/c25-22-14-27-24(30-22)26-13-15-5-3-7-17(11-15)28-23(29)20-10-4-9-19-18-8-2-1-6-16(18)12-21(19)20/h1-11,14H,12-13H2,(H,26,27)(H,28,29). The number of rotatable bonds is 5. The molecule has 0 atom stereocenters. The number of aromatic nitrogens is 1. The summed E-state index contributed by atoms with van der Waals surface area (Å²) < 4.78 is 0.989. The highest BCUT2D eigenvalue weighted by Crippen LogP contribution is 2.38. The Morgan fingerprint density at radius 3 is 2.73 bits per heavy atom. The van der Waals surface area contributed by atoms with Crippen molar-refractivity contribution >= 4 is 44.0 Å². The van der Waals surface area contributed by atoms with Gasteiger partial charge in [0, 0.05) is 17.8 Å². The van der Waals surface area contributed by atoms with E-state index < -0.39 is 0 Å². The van der Waals surface area contributed by atoms with Crippen LogP contribution in [0.3, 0.4) is 0 Å². The van der Waals surface area contributed by atoms with E-state index in [0.717, 1.165) is 43.3 Å². The normalized spacial score (nSPS) is 11.6. The molecule has 1 aromatic heterocycles. The number of amides is 1. The molecule has 4 aromatic rings. The molecule has 0 aliphatic heterocycles. The van der Waals surface area contributed by atoms with E-state index in [0.29, 0.717) is 6.54 Å². The number of thiazole rings is 1. The summed E-state index contributed by atoms with van der Waals surface area (Å²) in [6, 6.07) is 22.2. The molecule has 0 spiro atoms. The Kier molecular flexibility index (Phi) is 5.11. The summed E-state index contributed by atoms with van der Waals surface area (Å²) in [5, 5.41) is 7.23. The van der Waals surface area contributed by atoms with Crippen LogP contribution in [0.1, 0.15) is 27.0 Å². The maximum atomic E-state index is 13.1. The molecule has 4 nitrogen and oxygen atoms in total. The molecule has 0 fully saturated rings. The molecular weight excluding hydrogens is 458 g/mol. The number of carbonyl (C=O) groups is 1. The van der Waals surface area contributed by atoms with E-state index in [-0.39, 0.29) is 5.91 Å². The predicted octanol–water partition coefficient (Wildman–Crippen LogP) is 6.34. The second kappa shape index (κ2) is 8.05. The number of benzene rings is 3. The van der Waals surface area contributed by atoms with E-state index in [1.807, 2.05) is 48.5 Å². The molecule has 0 bridgehead atoms. The Morgan fingerprint density at radius 2 is 1.87 bits per heavy atom. The zero-order valence-corrected chi connectivity index (χ0v) is 18.4. The van der Waals surface area contributed by atoms with Crippen molar-refractivity contribution in [2.24, 2.45) is 0 Å². The van der Waals surface area contributed by atoms with Gasteiger partial charge < -0.3 is 10.6 Å². The fraction of sp³-hybridized carbons (Fsp3) is 0.0833. The van der Waals surface area contributed by atoms with E-state index in [1.54, 1.807) is 17.5 Å². The van der Waals surface area contributed by atoms with Crippen molar-refractivity contribution in [1.82, 2.24) is 4.98 Å². The van der Waals surface area contributed by atoms with Crippen LogP contribution in [-0.2, 0) is 13.0 Å². The smallest absolute Gasteiger partial charge is 0.255 e. The molecular formula is C24H18BrN3OS. The maximum Gasteiger partial charge on any atom is 0.255 e. The lowest BCUT2D eigenvalue weighted by atomic mass is 10.0. The van der Waals surface area contributed by atoms with Gasteiger partial charge in [-0.15, -0.1) is 0 Å². The van der Waals surface area contributed by atoms with Gasteiger partial charge in [-0.25, -0.2) is 4.98 Å². The molecule has 0 saturated carbocycles. The van der Waals surface area contributed by atoms with Crippen LogP contribution in [0.2, 0.25) is 0 Å². The number of halogens is 1. The van der Waals surface area contributed by atoms with Crippen molar-refractivity contribution in [1.29, 1.82) is 0 Å². The van der Waals surface area contributed by atoms with Crippen molar-refractivity contribution in [3.63, 3.8) is 0 Å². The zero-order chi connectivity index (χ0) is 20.5. The van der Waals surface area contributed by atoms with Gasteiger partial charge in [0.15, 0.2) is 5.13 Å². The Balaban J connectivity index is 1.33. The molecule has 1 heterocycles. The lowest BCUT2D eigenvalue weighted by molar-refractivity contribution is 0.102. The molecule has 2 N–H and O–H groups in total. The van der Waals surface area contributed by atoms with Gasteiger partial charge in [0.25, 0.3) is 5.91 Å². The third-order valence-electron chi connectivity index (χ3n) is 5.20. The second-order valence-corrected chi connectivity index (χ2v) is 9.55. The topological polar surface area (TPSA) is 54.0 Å². The predicted molar refractivity (Wildman–Crippen MR) is 126 cm³/mol. The summed E-state index contributed by atoms with van der Waals surface area (Å²) >= 11 is 4.97. The van der Waals surface area contributed by atoms with Crippen LogP contribution >= 0.6 is 27.3 Å². The van der Waals surface area contributed by atoms with E-state index in [2.05, 4.69) is 49.7 Å². The number of nitrogens with one attached hydrogen (secondary N) is 2. The highest BCUT2D eigenvalue weighted by molar-refractivity contribution is 9.11. The Bertz CT molecular complexity index is 1250. The monoisotopic (exact) mass is 475 g/mol. The number of hydrogen-bond acceptors (Lipinski definition) is 4. The Hall–Kier alpha value is -2.96. The van der Waals surface area contributed by atoms with E-state index in [9.17, 15) is 4.79 Å². The maximum absolute atomic E-state index is 13.1. The molecule has 0 radical (unpaired) electrons. The molecule has 0 unspecified atom stereocenters. The molecule has 1 aliphatic carbocycles. The van der Waals surface area contributed by atoms with Crippen LogP contribution in [0.4, 0.5) is 10.8 Å². The summed E-state index contributed by atoms with van der Waals surface area (Å²) in [7, 11) is 0. The van der Waals surface area contributed by atoms with Gasteiger partial charge in [-0.3, -0.25) is 4.79 Å². The van der Waals surface area contributed by atoms with Gasteiger partial charge in [0.05, 0.1) is 9.98 Å². The van der Waals surface area contributed by atoms with E-state index in [4.69, 9.17) is 0 Å². The van der Waals surface area contributed by atoms with Crippen LogP contribution in [0, 0.1) is 0 Å². The number of carbonyl (C=O) groups excluding carboxylic acids is 1. The molecule has 148 valence electrons. The highest BCUT2D eigenvalue weighted by Gasteiger charge is 2.23.